The van der Waals surface area contributed by atoms with Gasteiger partial charge in [-0.15, -0.1) is 0 Å². The molecule has 83 heavy (non-hydrogen) atoms. The summed E-state index contributed by atoms with van der Waals surface area (Å²) < 4.78 is 46.8. The molecule has 3 heterocycles. The van der Waals surface area contributed by atoms with Crippen LogP contribution >= 0.6 is 0 Å². The number of phenolic OH excluding ortho intramolecular Hbond substituents is 2. The molecule has 9 N–H and O–H groups in total. The van der Waals surface area contributed by atoms with Gasteiger partial charge in [0, 0.05) is 107 Å². The Labute approximate surface area is 478 Å². The number of primary amides is 1. The van der Waals surface area contributed by atoms with Crippen LogP contribution in [0.3, 0.4) is 0 Å². The fraction of sp³-hybridized carbons (Fsp3) is 0.544. The fourth-order valence-electron chi connectivity index (χ4n) is 11.2. The van der Waals surface area contributed by atoms with Gasteiger partial charge in [-0.3, -0.25) is 28.9 Å². The first-order valence-corrected chi connectivity index (χ1v) is 27.4. The van der Waals surface area contributed by atoms with E-state index in [0.29, 0.717) is 30.8 Å². The number of aliphatic hydroxyl groups is 1. The van der Waals surface area contributed by atoms with E-state index >= 15 is 0 Å². The van der Waals surface area contributed by atoms with Gasteiger partial charge < -0.3 is 85.1 Å². The first kappa shape index (κ1) is 61.8. The quantitative estimate of drug-likeness (QED) is 0.0439. The summed E-state index contributed by atoms with van der Waals surface area (Å²) in [7, 11) is 5.63. The number of likely N-dealkylation sites (N-methyl/N-ethyl adjacent to an activating group) is 2. The van der Waals surface area contributed by atoms with Gasteiger partial charge in [0.25, 0.3) is 0 Å². The van der Waals surface area contributed by atoms with Crippen LogP contribution in [0.15, 0.2) is 42.5 Å². The number of nitrogens with one attached hydrogen (secondary N) is 2. The Bertz CT molecular complexity index is 2980. The van der Waals surface area contributed by atoms with Crippen molar-refractivity contribution in [1.29, 1.82) is 0 Å². The minimum atomic E-state index is -2.46. The number of hydrogen-bond acceptors (Lipinski definition) is 21. The van der Waals surface area contributed by atoms with Crippen molar-refractivity contribution in [2.75, 3.05) is 73.0 Å². The standard InChI is InChI=1S/C57H73N7O19/c1-28(2)45(58)36(65)22-31(10-9-17-60-54(59)72)51(71)61-32-15-13-30(14-16-32)26-79-55(73)62(4)18-19-63(5)56(74)80-27-39(66)57(75)24-34-42(49(70)44-43(47(34)68)46(67)33-11-8-12-37(76-6)41(33)48(44)69)38(25-57)82-40-23-35-50(29(3)81-40)83-52-53(77-7)78-21-20-64(35)52/h8,11-16,28-29,31,35,38,40,45,50,52-53,68,70,75H,9-10,17-27,58H2,1-7H3,(H,61,71)(H3,59,60,72)/t29-,31+,35-,38-,40-,45-,50+,52+,53-,57-/m0/s1. The number of carbonyl (C=O) groups is 8. The number of fused-ring (bicyclic) bond motifs is 6. The molecule has 3 saturated heterocycles. The molecule has 3 fully saturated rings. The number of urea groups is 1. The molecule has 450 valence electrons. The Morgan fingerprint density at radius 1 is 0.916 bits per heavy atom. The maximum Gasteiger partial charge on any atom is 0.409 e. The lowest BCUT2D eigenvalue weighted by atomic mass is 9.72. The Hall–Kier alpha value is -7.30. The molecule has 0 radical (unpaired) electrons. The van der Waals surface area contributed by atoms with E-state index in [2.05, 4.69) is 15.5 Å². The zero-order valence-electron chi connectivity index (χ0n) is 47.4. The van der Waals surface area contributed by atoms with Gasteiger partial charge in [0.15, 0.2) is 37.0 Å². The number of morpholine rings is 1. The average Bonchev–Trinajstić information content (AvgIpc) is 3.88. The van der Waals surface area contributed by atoms with Crippen LogP contribution in [-0.2, 0) is 60.6 Å². The summed E-state index contributed by atoms with van der Waals surface area (Å²) in [6, 6.07) is 9.10. The molecule has 3 aliphatic heterocycles. The molecular weight excluding hydrogens is 1090 g/mol. The third-order valence-electron chi connectivity index (χ3n) is 15.9. The van der Waals surface area contributed by atoms with Crippen molar-refractivity contribution in [1.82, 2.24) is 20.0 Å². The highest BCUT2D eigenvalue weighted by atomic mass is 16.7. The van der Waals surface area contributed by atoms with E-state index in [-0.39, 0.29) is 91.2 Å². The summed E-state index contributed by atoms with van der Waals surface area (Å²) >= 11 is 0. The molecule has 10 atom stereocenters. The number of methoxy groups -OCH3 is 2. The van der Waals surface area contributed by atoms with E-state index in [1.807, 2.05) is 13.8 Å². The van der Waals surface area contributed by atoms with Gasteiger partial charge in [-0.25, -0.2) is 14.4 Å². The van der Waals surface area contributed by atoms with Gasteiger partial charge in [0.1, 0.15) is 35.6 Å². The summed E-state index contributed by atoms with van der Waals surface area (Å²) in [4.78, 5) is 111. The number of benzene rings is 3. The van der Waals surface area contributed by atoms with Crippen molar-refractivity contribution in [3.8, 4) is 17.2 Å². The monoisotopic (exact) mass is 1160 g/mol. The van der Waals surface area contributed by atoms with Crippen LogP contribution in [0.4, 0.5) is 20.1 Å². The number of nitrogens with two attached hydrogens (primary N) is 2. The number of aromatic hydroxyl groups is 2. The lowest BCUT2D eigenvalue weighted by Crippen LogP contribution is -2.55. The molecule has 2 aliphatic carbocycles. The maximum atomic E-state index is 14.3. The summed E-state index contributed by atoms with van der Waals surface area (Å²) in [6.45, 7) is 5.22. The summed E-state index contributed by atoms with van der Waals surface area (Å²) in [5, 5.41) is 41.8. The Morgan fingerprint density at radius 3 is 2.27 bits per heavy atom. The summed E-state index contributed by atoms with van der Waals surface area (Å²) in [5.74, 6) is -5.62. The van der Waals surface area contributed by atoms with Crippen LogP contribution < -0.4 is 26.8 Å². The van der Waals surface area contributed by atoms with E-state index < -0.39 is 138 Å². The van der Waals surface area contributed by atoms with E-state index in [9.17, 15) is 53.7 Å². The van der Waals surface area contributed by atoms with Crippen LogP contribution in [-0.4, -0.2) is 194 Å². The first-order chi connectivity index (χ1) is 39.5. The maximum absolute atomic E-state index is 14.3. The number of ketones is 4. The number of amides is 5. The lowest BCUT2D eigenvalue weighted by Gasteiger charge is -2.43. The molecule has 5 amide bonds. The highest BCUT2D eigenvalue weighted by Gasteiger charge is 2.55. The van der Waals surface area contributed by atoms with Gasteiger partial charge in [0.05, 0.1) is 48.7 Å². The Kier molecular flexibility index (Phi) is 19.4. The van der Waals surface area contributed by atoms with Gasteiger partial charge in [-0.2, -0.15) is 0 Å². The van der Waals surface area contributed by atoms with Crippen molar-refractivity contribution >= 4 is 52.9 Å². The highest BCUT2D eigenvalue weighted by Crippen LogP contribution is 2.53. The first-order valence-electron chi connectivity index (χ1n) is 27.4. The average molecular weight is 1160 g/mol. The molecule has 5 aliphatic rings. The summed E-state index contributed by atoms with van der Waals surface area (Å²) in [5.41, 5.74) is 8.03. The van der Waals surface area contributed by atoms with Gasteiger partial charge in [0.2, 0.25) is 17.5 Å². The molecule has 0 unspecified atom stereocenters. The van der Waals surface area contributed by atoms with Crippen molar-refractivity contribution < 1.29 is 91.6 Å². The van der Waals surface area contributed by atoms with Crippen LogP contribution in [0.25, 0.3) is 0 Å². The predicted octanol–water partition coefficient (Wildman–Crippen LogP) is 3.00. The molecule has 26 nitrogen and oxygen atoms in total. The molecule has 8 rings (SSSR count). The van der Waals surface area contributed by atoms with Gasteiger partial charge in [-0.05, 0) is 49.4 Å². The number of ether oxygens (including phenoxy) is 8. The van der Waals surface area contributed by atoms with Crippen molar-refractivity contribution in [2.24, 2.45) is 23.3 Å². The SMILES string of the molecule is COc1cccc2c1C(=O)c1c(O)c3c(c(O)c1C2=O)C[C@@](O)(C(=O)COC(=O)N(C)CCN(C)C(=O)OCc1ccc(NC(=O)[C@H](CCCNC(N)=O)CC(=O)[C@@H](N)C(C)C)cc1)C[C@@H]3O[C@H]1C[C@H]2[C@H](O[C@@H]3[C@@H](OC)OCCN32)[C@H](C)O1. The van der Waals surface area contributed by atoms with Crippen LogP contribution in [0, 0.1) is 11.8 Å². The van der Waals surface area contributed by atoms with Crippen LogP contribution in [0.1, 0.15) is 108 Å². The largest absolute Gasteiger partial charge is 0.507 e. The third-order valence-corrected chi connectivity index (χ3v) is 15.9. The van der Waals surface area contributed by atoms with E-state index in [4.69, 9.17) is 49.4 Å². The predicted molar refractivity (Wildman–Crippen MR) is 291 cm³/mol. The number of hydrogen-bond donors (Lipinski definition) is 7. The molecule has 0 spiro atoms. The van der Waals surface area contributed by atoms with Crippen molar-refractivity contribution in [3.05, 3.63) is 81.4 Å². The molecule has 0 bridgehead atoms. The third kappa shape index (κ3) is 13.2. The molecule has 3 aromatic rings. The number of anilines is 1. The molecule has 0 aromatic heterocycles. The number of carbonyl (C=O) groups excluding carboxylic acids is 8. The van der Waals surface area contributed by atoms with E-state index in [1.54, 1.807) is 31.2 Å². The number of nitrogens with zero attached hydrogens (tertiary/aromatic N) is 3. The highest BCUT2D eigenvalue weighted by molar-refractivity contribution is 6.31. The second-order valence-electron chi connectivity index (χ2n) is 21.8. The van der Waals surface area contributed by atoms with Crippen LogP contribution in [0.5, 0.6) is 17.2 Å². The smallest absolute Gasteiger partial charge is 0.409 e. The molecular formula is C57H73N7O19. The summed E-state index contributed by atoms with van der Waals surface area (Å²) in [6.07, 6.45) is -7.02. The lowest BCUT2D eigenvalue weighted by molar-refractivity contribution is -0.256. The normalized spacial score (nSPS) is 24.2. The van der Waals surface area contributed by atoms with Crippen molar-refractivity contribution in [3.63, 3.8) is 0 Å². The molecule has 3 aromatic carbocycles. The molecule has 26 heteroatoms. The molecule has 0 saturated carbocycles. The number of phenols is 2. The van der Waals surface area contributed by atoms with Gasteiger partial charge >= 0.3 is 18.2 Å². The minimum absolute atomic E-state index is 0.0479. The number of rotatable bonds is 22. The minimum Gasteiger partial charge on any atom is -0.507 e. The fourth-order valence-corrected chi connectivity index (χ4v) is 11.2. The van der Waals surface area contributed by atoms with Gasteiger partial charge in [-0.1, -0.05) is 38.1 Å². The van der Waals surface area contributed by atoms with E-state index in [1.165, 1.54) is 51.4 Å². The Balaban J connectivity index is 0.890. The Morgan fingerprint density at radius 2 is 1.60 bits per heavy atom. The second kappa shape index (κ2) is 26.1. The number of Topliss-reactive ketones (excluding diaryl/α,β-unsaturated/α-hetero) is 2. The zero-order valence-corrected chi connectivity index (χ0v) is 47.4. The topological polar surface area (TPSA) is 357 Å². The van der Waals surface area contributed by atoms with E-state index in [0.717, 1.165) is 4.90 Å². The van der Waals surface area contributed by atoms with Crippen molar-refractivity contribution in [2.45, 2.75) is 121 Å². The second-order valence-corrected chi connectivity index (χ2v) is 21.8. The van der Waals surface area contributed by atoms with Crippen LogP contribution in [0.2, 0.25) is 0 Å². The zero-order chi connectivity index (χ0) is 60.2.